The lowest BCUT2D eigenvalue weighted by Crippen LogP contribution is -2.45. The first-order chi connectivity index (χ1) is 17.8. The van der Waals surface area contributed by atoms with Crippen LogP contribution in [0.25, 0.3) is 0 Å². The zero-order valence-electron chi connectivity index (χ0n) is 20.1. The SMILES string of the molecule is Cc1c(F)cc(O[C@@H]2CCCN(C(=O)Cn3cc(NC(=O)CCNc4ccnc(F)n4)cn3)C2)cc1F. The minimum atomic E-state index is -0.860. The van der Waals surface area contributed by atoms with Gasteiger partial charge in [0.05, 0.1) is 18.4 Å². The zero-order chi connectivity index (χ0) is 26.4. The van der Waals surface area contributed by atoms with E-state index in [1.165, 1.54) is 30.1 Å². The van der Waals surface area contributed by atoms with Crippen LogP contribution in [0.2, 0.25) is 0 Å². The van der Waals surface area contributed by atoms with Crippen LogP contribution in [-0.2, 0) is 16.1 Å². The maximum atomic E-state index is 13.8. The number of amides is 2. The molecule has 1 aromatic carbocycles. The van der Waals surface area contributed by atoms with Crippen LogP contribution in [0.4, 0.5) is 24.7 Å². The fourth-order valence-electron chi connectivity index (χ4n) is 3.86. The third kappa shape index (κ3) is 7.18. The largest absolute Gasteiger partial charge is 0.488 e. The lowest BCUT2D eigenvalue weighted by atomic mass is 10.1. The number of anilines is 2. The molecule has 1 atom stereocenters. The number of benzene rings is 1. The van der Waals surface area contributed by atoms with E-state index in [0.29, 0.717) is 25.1 Å². The molecule has 37 heavy (non-hydrogen) atoms. The van der Waals surface area contributed by atoms with E-state index in [0.717, 1.165) is 12.1 Å². The normalized spacial score (nSPS) is 15.4. The van der Waals surface area contributed by atoms with E-state index < -0.39 is 17.7 Å². The molecular weight excluding hydrogens is 491 g/mol. The van der Waals surface area contributed by atoms with Crippen molar-refractivity contribution in [3.05, 3.63) is 60.1 Å². The van der Waals surface area contributed by atoms with E-state index >= 15 is 0 Å². The van der Waals surface area contributed by atoms with Gasteiger partial charge in [0.1, 0.15) is 35.9 Å². The Morgan fingerprint density at radius 3 is 2.76 bits per heavy atom. The molecule has 1 fully saturated rings. The van der Waals surface area contributed by atoms with E-state index in [9.17, 15) is 22.8 Å². The molecule has 1 saturated heterocycles. The minimum absolute atomic E-state index is 0.0444. The van der Waals surface area contributed by atoms with Crippen molar-refractivity contribution in [1.82, 2.24) is 24.6 Å². The molecule has 10 nitrogen and oxygen atoms in total. The Kier molecular flexibility index (Phi) is 8.21. The van der Waals surface area contributed by atoms with E-state index in [2.05, 4.69) is 25.7 Å². The maximum Gasteiger partial charge on any atom is 0.310 e. The first-order valence-electron chi connectivity index (χ1n) is 11.7. The second kappa shape index (κ2) is 11.7. The molecule has 1 aliphatic rings. The van der Waals surface area contributed by atoms with Crippen LogP contribution in [0.5, 0.6) is 5.75 Å². The second-order valence-corrected chi connectivity index (χ2v) is 8.60. The summed E-state index contributed by atoms with van der Waals surface area (Å²) in [6, 6.07) is 3.77. The number of hydrogen-bond donors (Lipinski definition) is 2. The molecular formula is C24H26F3N7O3. The van der Waals surface area contributed by atoms with Gasteiger partial charge in [-0.25, -0.2) is 13.8 Å². The standard InChI is InChI=1S/C24H26F3N7O3/c1-15-19(25)9-18(10-20(15)26)37-17-3-2-8-33(13-17)23(36)14-34-12-16(11-30-34)31-22(35)5-7-28-21-4-6-29-24(27)32-21/h4,6,9-12,17H,2-3,5,7-8,13-14H2,1H3,(H,31,35)(H,28,29,32)/t17-/m1/s1. The molecule has 196 valence electrons. The minimum Gasteiger partial charge on any atom is -0.488 e. The maximum absolute atomic E-state index is 13.8. The Morgan fingerprint density at radius 1 is 1.22 bits per heavy atom. The Balaban J connectivity index is 1.23. The van der Waals surface area contributed by atoms with Gasteiger partial charge in [-0.2, -0.15) is 14.5 Å². The number of piperidine rings is 1. The molecule has 0 spiro atoms. The summed E-state index contributed by atoms with van der Waals surface area (Å²) < 4.78 is 47.8. The third-order valence-electron chi connectivity index (χ3n) is 5.79. The Labute approximate surface area is 210 Å². The summed E-state index contributed by atoms with van der Waals surface area (Å²) in [5.74, 6) is -1.50. The summed E-state index contributed by atoms with van der Waals surface area (Å²) in [4.78, 5) is 33.5. The molecule has 2 amide bonds. The molecule has 0 unspecified atom stereocenters. The van der Waals surface area contributed by atoms with Crippen LogP contribution in [-0.4, -0.2) is 62.2 Å². The smallest absolute Gasteiger partial charge is 0.310 e. The summed E-state index contributed by atoms with van der Waals surface area (Å²) in [7, 11) is 0. The third-order valence-corrected chi connectivity index (χ3v) is 5.79. The van der Waals surface area contributed by atoms with E-state index in [1.807, 2.05) is 0 Å². The highest BCUT2D eigenvalue weighted by Crippen LogP contribution is 2.23. The molecule has 2 aromatic heterocycles. The molecule has 0 aliphatic carbocycles. The van der Waals surface area contributed by atoms with Crippen molar-refractivity contribution in [1.29, 1.82) is 0 Å². The van der Waals surface area contributed by atoms with Gasteiger partial charge < -0.3 is 20.3 Å². The fraction of sp³-hybridized carbons (Fsp3) is 0.375. The van der Waals surface area contributed by atoms with Gasteiger partial charge in [0.25, 0.3) is 0 Å². The number of nitrogens with zero attached hydrogens (tertiary/aromatic N) is 5. The molecule has 13 heteroatoms. The van der Waals surface area contributed by atoms with Crippen molar-refractivity contribution >= 4 is 23.3 Å². The monoisotopic (exact) mass is 517 g/mol. The summed E-state index contributed by atoms with van der Waals surface area (Å²) in [5, 5.41) is 9.63. The first-order valence-corrected chi connectivity index (χ1v) is 11.7. The van der Waals surface area contributed by atoms with Crippen molar-refractivity contribution in [3.63, 3.8) is 0 Å². The molecule has 3 heterocycles. The van der Waals surface area contributed by atoms with E-state index in [-0.39, 0.29) is 61.1 Å². The number of rotatable bonds is 9. The van der Waals surface area contributed by atoms with Crippen LogP contribution in [0.1, 0.15) is 24.8 Å². The van der Waals surface area contributed by atoms with Gasteiger partial charge in [-0.1, -0.05) is 0 Å². The van der Waals surface area contributed by atoms with E-state index in [4.69, 9.17) is 4.74 Å². The van der Waals surface area contributed by atoms with Crippen LogP contribution in [0.3, 0.4) is 0 Å². The Hall–Kier alpha value is -4.16. The molecule has 2 N–H and O–H groups in total. The average molecular weight is 518 g/mol. The zero-order valence-corrected chi connectivity index (χ0v) is 20.1. The average Bonchev–Trinajstić information content (AvgIpc) is 3.29. The number of halogens is 3. The summed E-state index contributed by atoms with van der Waals surface area (Å²) >= 11 is 0. The molecule has 4 rings (SSSR count). The van der Waals surface area contributed by atoms with Crippen LogP contribution < -0.4 is 15.4 Å². The highest BCUT2D eigenvalue weighted by Gasteiger charge is 2.26. The summed E-state index contributed by atoms with van der Waals surface area (Å²) in [6.07, 6.45) is 4.42. The second-order valence-electron chi connectivity index (χ2n) is 8.60. The van der Waals surface area contributed by atoms with Crippen molar-refractivity contribution in [2.45, 2.75) is 38.8 Å². The Morgan fingerprint density at radius 2 is 2.00 bits per heavy atom. The predicted molar refractivity (Wildman–Crippen MR) is 127 cm³/mol. The lowest BCUT2D eigenvalue weighted by Gasteiger charge is -2.33. The highest BCUT2D eigenvalue weighted by atomic mass is 19.1. The first kappa shape index (κ1) is 25.9. The van der Waals surface area contributed by atoms with Gasteiger partial charge in [0.2, 0.25) is 11.8 Å². The highest BCUT2D eigenvalue weighted by molar-refractivity contribution is 5.90. The van der Waals surface area contributed by atoms with Crippen molar-refractivity contribution < 1.29 is 27.5 Å². The van der Waals surface area contributed by atoms with Gasteiger partial charge in [-0.05, 0) is 25.8 Å². The van der Waals surface area contributed by atoms with Gasteiger partial charge >= 0.3 is 6.08 Å². The molecule has 0 radical (unpaired) electrons. The topological polar surface area (TPSA) is 114 Å². The fourth-order valence-corrected chi connectivity index (χ4v) is 3.86. The van der Waals surface area contributed by atoms with Crippen molar-refractivity contribution in [3.8, 4) is 5.75 Å². The lowest BCUT2D eigenvalue weighted by molar-refractivity contribution is -0.134. The van der Waals surface area contributed by atoms with Gasteiger partial charge in [-0.3, -0.25) is 14.3 Å². The van der Waals surface area contributed by atoms with Crippen LogP contribution >= 0.6 is 0 Å². The number of carbonyl (C=O) groups excluding carboxylic acids is 2. The van der Waals surface area contributed by atoms with Crippen LogP contribution in [0, 0.1) is 24.6 Å². The van der Waals surface area contributed by atoms with E-state index in [1.54, 1.807) is 11.1 Å². The number of carbonyl (C=O) groups is 2. The quantitative estimate of drug-likeness (QED) is 0.420. The Bertz CT molecular complexity index is 1250. The molecule has 1 aliphatic heterocycles. The summed E-state index contributed by atoms with van der Waals surface area (Å²) in [5.41, 5.74) is 0.354. The number of aromatic nitrogens is 4. The van der Waals surface area contributed by atoms with Gasteiger partial charge in [0.15, 0.2) is 0 Å². The predicted octanol–water partition coefficient (Wildman–Crippen LogP) is 2.91. The molecule has 0 bridgehead atoms. The number of ether oxygens (including phenoxy) is 1. The van der Waals surface area contributed by atoms with Gasteiger partial charge in [0, 0.05) is 49.6 Å². The number of nitrogens with one attached hydrogen (secondary N) is 2. The van der Waals surface area contributed by atoms with Crippen molar-refractivity contribution in [2.75, 3.05) is 30.3 Å². The summed E-state index contributed by atoms with van der Waals surface area (Å²) in [6.45, 7) is 2.35. The molecule has 0 saturated carbocycles. The number of likely N-dealkylation sites (tertiary alicyclic amines) is 1. The van der Waals surface area contributed by atoms with Gasteiger partial charge in [-0.15, -0.1) is 0 Å². The number of hydrogen-bond acceptors (Lipinski definition) is 7. The van der Waals surface area contributed by atoms with Crippen molar-refractivity contribution in [2.24, 2.45) is 0 Å². The van der Waals surface area contributed by atoms with Crippen LogP contribution in [0.15, 0.2) is 36.8 Å². The molecule has 3 aromatic rings.